The van der Waals surface area contributed by atoms with Gasteiger partial charge in [-0.1, -0.05) is 91.4 Å². The van der Waals surface area contributed by atoms with Gasteiger partial charge in [-0.05, 0) is 25.7 Å². The first-order valence-corrected chi connectivity index (χ1v) is 9.33. The molecule has 0 aromatic carbocycles. The molecule has 0 aromatic rings. The molecule has 0 saturated carbocycles. The maximum Gasteiger partial charge on any atom is 0.0151 e. The average molecular weight is 284 g/mol. The Morgan fingerprint density at radius 3 is 1.65 bits per heavy atom. The van der Waals surface area contributed by atoms with E-state index in [0.29, 0.717) is 5.92 Å². The van der Waals surface area contributed by atoms with Crippen molar-refractivity contribution in [3.63, 3.8) is 0 Å². The second-order valence-corrected chi connectivity index (χ2v) is 7.13. The quantitative estimate of drug-likeness (QED) is 0.364. The Morgan fingerprint density at radius 2 is 1.20 bits per heavy atom. The van der Waals surface area contributed by atoms with Crippen molar-refractivity contribution in [2.24, 2.45) is 11.7 Å². The minimum atomic E-state index is 0.0496. The Bertz CT molecular complexity index is 198. The van der Waals surface area contributed by atoms with Crippen LogP contribution in [0.25, 0.3) is 0 Å². The number of hydrogen-bond acceptors (Lipinski definition) is 1. The Hall–Kier alpha value is -0.0400. The van der Waals surface area contributed by atoms with Gasteiger partial charge >= 0.3 is 0 Å². The average Bonchev–Trinajstić information content (AvgIpc) is 2.40. The van der Waals surface area contributed by atoms with Crippen molar-refractivity contribution in [3.8, 4) is 0 Å². The molecule has 0 saturated heterocycles. The number of unbranched alkanes of at least 4 members (excludes halogenated alkanes) is 9. The molecule has 122 valence electrons. The van der Waals surface area contributed by atoms with Gasteiger partial charge in [0.1, 0.15) is 0 Å². The lowest BCUT2D eigenvalue weighted by atomic mass is 9.81. The van der Waals surface area contributed by atoms with Crippen molar-refractivity contribution in [2.75, 3.05) is 0 Å². The summed E-state index contributed by atoms with van der Waals surface area (Å²) in [5.41, 5.74) is 6.44. The lowest BCUT2D eigenvalue weighted by molar-refractivity contribution is 0.271. The SMILES string of the molecule is CCCCCCCCCCCCC(C)C(C)(N)CCC. The third-order valence-electron chi connectivity index (χ3n) is 4.91. The molecule has 0 bridgehead atoms. The topological polar surface area (TPSA) is 26.0 Å². The van der Waals surface area contributed by atoms with E-state index in [-0.39, 0.29) is 5.54 Å². The molecule has 1 heteroatoms. The number of rotatable bonds is 14. The van der Waals surface area contributed by atoms with Gasteiger partial charge in [-0.25, -0.2) is 0 Å². The molecule has 1 nitrogen and oxygen atoms in total. The fourth-order valence-electron chi connectivity index (χ4n) is 3.05. The highest BCUT2D eigenvalue weighted by molar-refractivity contribution is 4.83. The highest BCUT2D eigenvalue weighted by atomic mass is 14.7. The van der Waals surface area contributed by atoms with Gasteiger partial charge in [0.15, 0.2) is 0 Å². The van der Waals surface area contributed by atoms with E-state index in [1.807, 2.05) is 0 Å². The molecular weight excluding hydrogens is 242 g/mol. The summed E-state index contributed by atoms with van der Waals surface area (Å²) in [6, 6.07) is 0. The zero-order chi connectivity index (χ0) is 15.3. The molecule has 0 fully saturated rings. The Kier molecular flexibility index (Phi) is 12.7. The molecule has 2 N–H and O–H groups in total. The zero-order valence-electron chi connectivity index (χ0n) is 14.8. The lowest BCUT2D eigenvalue weighted by Gasteiger charge is -2.31. The predicted molar refractivity (Wildman–Crippen MR) is 93.1 cm³/mol. The van der Waals surface area contributed by atoms with E-state index >= 15 is 0 Å². The molecule has 2 unspecified atom stereocenters. The van der Waals surface area contributed by atoms with Crippen LogP contribution in [0.15, 0.2) is 0 Å². The molecule has 0 rings (SSSR count). The van der Waals surface area contributed by atoms with Crippen molar-refractivity contribution in [3.05, 3.63) is 0 Å². The fourth-order valence-corrected chi connectivity index (χ4v) is 3.05. The van der Waals surface area contributed by atoms with Gasteiger partial charge in [0.2, 0.25) is 0 Å². The van der Waals surface area contributed by atoms with Gasteiger partial charge in [0.25, 0.3) is 0 Å². The third kappa shape index (κ3) is 10.7. The van der Waals surface area contributed by atoms with Crippen molar-refractivity contribution >= 4 is 0 Å². The maximum atomic E-state index is 6.39. The summed E-state index contributed by atoms with van der Waals surface area (Å²) >= 11 is 0. The zero-order valence-corrected chi connectivity index (χ0v) is 14.8. The molecule has 0 amide bonds. The second-order valence-electron chi connectivity index (χ2n) is 7.13. The van der Waals surface area contributed by atoms with Crippen molar-refractivity contribution in [1.29, 1.82) is 0 Å². The van der Waals surface area contributed by atoms with Gasteiger partial charge in [0.05, 0.1) is 0 Å². The van der Waals surface area contributed by atoms with Gasteiger partial charge in [-0.3, -0.25) is 0 Å². The molecule has 2 atom stereocenters. The van der Waals surface area contributed by atoms with E-state index in [2.05, 4.69) is 27.7 Å². The van der Waals surface area contributed by atoms with E-state index in [9.17, 15) is 0 Å². The Balaban J connectivity index is 3.35. The summed E-state index contributed by atoms with van der Waals surface area (Å²) in [6.07, 6.45) is 17.9. The Morgan fingerprint density at radius 1 is 0.750 bits per heavy atom. The summed E-state index contributed by atoms with van der Waals surface area (Å²) in [5.74, 6) is 0.663. The molecule has 0 aromatic heterocycles. The molecule has 0 spiro atoms. The van der Waals surface area contributed by atoms with Crippen LogP contribution < -0.4 is 5.73 Å². The van der Waals surface area contributed by atoms with Gasteiger partial charge in [-0.15, -0.1) is 0 Å². The van der Waals surface area contributed by atoms with E-state index in [0.717, 1.165) is 6.42 Å². The minimum absolute atomic E-state index is 0.0496. The van der Waals surface area contributed by atoms with E-state index < -0.39 is 0 Å². The summed E-state index contributed by atoms with van der Waals surface area (Å²) in [5, 5.41) is 0. The molecule has 0 aliphatic carbocycles. The largest absolute Gasteiger partial charge is 0.325 e. The first kappa shape index (κ1) is 20.0. The van der Waals surface area contributed by atoms with Crippen molar-refractivity contribution in [1.82, 2.24) is 0 Å². The minimum Gasteiger partial charge on any atom is -0.325 e. The highest BCUT2D eigenvalue weighted by Crippen LogP contribution is 2.25. The molecule has 0 radical (unpaired) electrons. The van der Waals surface area contributed by atoms with Crippen molar-refractivity contribution in [2.45, 2.75) is 117 Å². The highest BCUT2D eigenvalue weighted by Gasteiger charge is 2.24. The van der Waals surface area contributed by atoms with Crippen LogP contribution in [0.4, 0.5) is 0 Å². The first-order valence-electron chi connectivity index (χ1n) is 9.33. The monoisotopic (exact) mass is 283 g/mol. The lowest BCUT2D eigenvalue weighted by Crippen LogP contribution is -2.42. The standard InChI is InChI=1S/C19H41N/c1-5-7-8-9-10-11-12-13-14-15-16-18(3)19(4,20)17-6-2/h18H,5-17,20H2,1-4H3. The van der Waals surface area contributed by atoms with Crippen LogP contribution >= 0.6 is 0 Å². The van der Waals surface area contributed by atoms with E-state index in [4.69, 9.17) is 5.73 Å². The number of hydrogen-bond donors (Lipinski definition) is 1. The molecule has 0 heterocycles. The van der Waals surface area contributed by atoms with Gasteiger partial charge in [-0.2, -0.15) is 0 Å². The summed E-state index contributed by atoms with van der Waals surface area (Å²) < 4.78 is 0. The van der Waals surface area contributed by atoms with Crippen LogP contribution in [0.5, 0.6) is 0 Å². The first-order chi connectivity index (χ1) is 9.54. The maximum absolute atomic E-state index is 6.39. The van der Waals surface area contributed by atoms with Crippen LogP contribution in [-0.4, -0.2) is 5.54 Å². The molecule has 20 heavy (non-hydrogen) atoms. The van der Waals surface area contributed by atoms with E-state index in [1.54, 1.807) is 0 Å². The fraction of sp³-hybridized carbons (Fsp3) is 1.00. The molecule has 0 aliphatic heterocycles. The van der Waals surface area contributed by atoms with Crippen LogP contribution in [-0.2, 0) is 0 Å². The third-order valence-corrected chi connectivity index (χ3v) is 4.91. The summed E-state index contributed by atoms with van der Waals surface area (Å²) in [7, 11) is 0. The van der Waals surface area contributed by atoms with Crippen LogP contribution in [0.2, 0.25) is 0 Å². The second kappa shape index (κ2) is 12.7. The van der Waals surface area contributed by atoms with E-state index in [1.165, 1.54) is 77.0 Å². The Labute approximate surface area is 129 Å². The molecule has 0 aliphatic rings. The van der Waals surface area contributed by atoms with Crippen molar-refractivity contribution < 1.29 is 0 Å². The number of nitrogens with two attached hydrogens (primary N) is 1. The van der Waals surface area contributed by atoms with Gasteiger partial charge < -0.3 is 5.73 Å². The van der Waals surface area contributed by atoms with Gasteiger partial charge in [0, 0.05) is 5.54 Å². The smallest absolute Gasteiger partial charge is 0.0151 e. The van der Waals surface area contributed by atoms with Crippen LogP contribution in [0.1, 0.15) is 111 Å². The molecular formula is C19H41N. The van der Waals surface area contributed by atoms with Crippen LogP contribution in [0.3, 0.4) is 0 Å². The predicted octanol–water partition coefficient (Wildman–Crippen LogP) is 6.45. The summed E-state index contributed by atoms with van der Waals surface area (Å²) in [4.78, 5) is 0. The normalized spacial score (nSPS) is 16.1. The van der Waals surface area contributed by atoms with Crippen LogP contribution in [0, 0.1) is 5.92 Å². The summed E-state index contributed by atoms with van der Waals surface area (Å²) in [6.45, 7) is 9.09.